The molecule has 0 aliphatic rings. The largest absolute Gasteiger partial charge is 0.493 e. The van der Waals surface area contributed by atoms with E-state index in [1.165, 1.54) is 17.4 Å². The lowest BCUT2D eigenvalue weighted by Gasteiger charge is -2.04. The molecule has 0 radical (unpaired) electrons. The molecular weight excluding hydrogens is 388 g/mol. The van der Waals surface area contributed by atoms with Crippen LogP contribution in [0.3, 0.4) is 0 Å². The number of hydrogen-bond acceptors (Lipinski definition) is 6. The molecule has 0 atom stereocenters. The van der Waals surface area contributed by atoms with E-state index in [4.69, 9.17) is 14.1 Å². The normalized spacial score (nSPS) is 11.2. The van der Waals surface area contributed by atoms with Gasteiger partial charge in [0.2, 0.25) is 0 Å². The maximum atomic E-state index is 11.2. The molecule has 0 saturated carbocycles. The third-order valence-corrected chi connectivity index (χ3v) is 5.55. The number of para-hydroxylation sites is 1. The van der Waals surface area contributed by atoms with Gasteiger partial charge in [0.15, 0.2) is 11.3 Å². The molecule has 3 aromatic heterocycles. The maximum Gasteiger partial charge on any atom is 0.354 e. The molecule has 5 aromatic rings. The highest BCUT2D eigenvalue weighted by atomic mass is 32.1. The molecule has 0 saturated heterocycles. The number of aromatic nitrogens is 2. The van der Waals surface area contributed by atoms with Crippen LogP contribution in [0.1, 0.15) is 10.5 Å². The monoisotopic (exact) mass is 402 g/mol. The maximum absolute atomic E-state index is 11.2. The summed E-state index contributed by atoms with van der Waals surface area (Å²) in [6, 6.07) is 16.5. The Bertz CT molecular complexity index is 1390. The van der Waals surface area contributed by atoms with Crippen molar-refractivity contribution in [3.8, 4) is 27.7 Å². The Kier molecular flexibility index (Phi) is 4.03. The summed E-state index contributed by atoms with van der Waals surface area (Å²) in [5, 5.41) is 13.8. The van der Waals surface area contributed by atoms with Gasteiger partial charge in [0.05, 0.1) is 12.8 Å². The minimum atomic E-state index is -1.07. The number of fused-ring (bicyclic) bond motifs is 3. The highest BCUT2D eigenvalue weighted by molar-refractivity contribution is 7.13. The van der Waals surface area contributed by atoms with Crippen molar-refractivity contribution in [1.29, 1.82) is 0 Å². The molecule has 6 nitrogen and oxygen atoms in total. The zero-order chi connectivity index (χ0) is 20.0. The van der Waals surface area contributed by atoms with Crippen LogP contribution in [0.5, 0.6) is 5.75 Å². The first-order valence-electron chi connectivity index (χ1n) is 8.80. The van der Waals surface area contributed by atoms with Crippen LogP contribution in [-0.2, 0) is 0 Å². The first kappa shape index (κ1) is 17.4. The van der Waals surface area contributed by atoms with Crippen LogP contribution in [0, 0.1) is 0 Å². The van der Waals surface area contributed by atoms with Gasteiger partial charge in [-0.3, -0.25) is 0 Å². The van der Waals surface area contributed by atoms with E-state index in [1.54, 1.807) is 19.2 Å². The fourth-order valence-electron chi connectivity index (χ4n) is 3.35. The van der Waals surface area contributed by atoms with Crippen molar-refractivity contribution >= 4 is 39.2 Å². The summed E-state index contributed by atoms with van der Waals surface area (Å²) < 4.78 is 11.5. The summed E-state index contributed by atoms with van der Waals surface area (Å²) in [4.78, 5) is 20.1. The van der Waals surface area contributed by atoms with Crippen LogP contribution in [-0.4, -0.2) is 28.2 Å². The van der Waals surface area contributed by atoms with Gasteiger partial charge in [-0.15, -0.1) is 11.3 Å². The number of pyridine rings is 1. The van der Waals surface area contributed by atoms with Gasteiger partial charge < -0.3 is 14.3 Å². The van der Waals surface area contributed by atoms with Gasteiger partial charge in [0.1, 0.15) is 22.0 Å². The van der Waals surface area contributed by atoms with Crippen LogP contribution >= 0.6 is 11.3 Å². The molecule has 0 aliphatic heterocycles. The third-order valence-electron chi connectivity index (χ3n) is 4.68. The lowest BCUT2D eigenvalue weighted by atomic mass is 10.1. The summed E-state index contributed by atoms with van der Waals surface area (Å²) in [5.74, 6) is -0.406. The summed E-state index contributed by atoms with van der Waals surface area (Å²) in [7, 11) is 1.62. The number of thiazole rings is 1. The topological polar surface area (TPSA) is 85.5 Å². The minimum absolute atomic E-state index is 0.00952. The number of carbonyl (C=O) groups is 1. The Morgan fingerprint density at radius 1 is 1.03 bits per heavy atom. The Hall–Kier alpha value is -3.71. The zero-order valence-electron chi connectivity index (χ0n) is 15.2. The average molecular weight is 402 g/mol. The smallest absolute Gasteiger partial charge is 0.354 e. The second-order valence-corrected chi connectivity index (χ2v) is 7.23. The molecule has 5 rings (SSSR count). The van der Waals surface area contributed by atoms with Gasteiger partial charge in [-0.25, -0.2) is 14.8 Å². The molecule has 0 fully saturated rings. The predicted molar refractivity (Wildman–Crippen MR) is 112 cm³/mol. The molecule has 0 amide bonds. The molecule has 3 heterocycles. The quantitative estimate of drug-likeness (QED) is 0.428. The SMILES string of the molecule is COc1ccc(-c2nc(-c3cccc(C(=O)O)n3)cs2)c2c1oc1ccccc12. The molecular formula is C22H14N2O4S. The van der Waals surface area contributed by atoms with E-state index in [1.807, 2.05) is 41.8 Å². The van der Waals surface area contributed by atoms with Crippen molar-refractivity contribution in [2.24, 2.45) is 0 Å². The fraction of sp³-hybridized carbons (Fsp3) is 0.0455. The van der Waals surface area contributed by atoms with E-state index in [0.29, 0.717) is 22.7 Å². The highest BCUT2D eigenvalue weighted by Gasteiger charge is 2.19. The average Bonchev–Trinajstić information content (AvgIpc) is 3.38. The molecule has 2 aromatic carbocycles. The lowest BCUT2D eigenvalue weighted by molar-refractivity contribution is 0.0690. The Balaban J connectivity index is 1.70. The van der Waals surface area contributed by atoms with Crippen LogP contribution < -0.4 is 4.74 Å². The molecule has 29 heavy (non-hydrogen) atoms. The summed E-state index contributed by atoms with van der Waals surface area (Å²) in [6.45, 7) is 0. The molecule has 1 N–H and O–H groups in total. The van der Waals surface area contributed by atoms with Crippen LogP contribution in [0.15, 0.2) is 64.4 Å². The van der Waals surface area contributed by atoms with Crippen molar-refractivity contribution in [2.45, 2.75) is 0 Å². The van der Waals surface area contributed by atoms with Gasteiger partial charge in [-0.05, 0) is 30.3 Å². The Morgan fingerprint density at radius 2 is 1.90 bits per heavy atom. The van der Waals surface area contributed by atoms with E-state index < -0.39 is 5.97 Å². The summed E-state index contributed by atoms with van der Waals surface area (Å²) in [6.07, 6.45) is 0. The van der Waals surface area contributed by atoms with Gasteiger partial charge in [0.25, 0.3) is 0 Å². The number of aromatic carboxylic acids is 1. The van der Waals surface area contributed by atoms with Gasteiger partial charge >= 0.3 is 5.97 Å². The number of ether oxygens (including phenoxy) is 1. The van der Waals surface area contributed by atoms with Crippen LogP contribution in [0.25, 0.3) is 43.9 Å². The second kappa shape index (κ2) is 6.72. The van der Waals surface area contributed by atoms with Crippen molar-refractivity contribution < 1.29 is 19.1 Å². The Labute approximate surface area is 169 Å². The second-order valence-electron chi connectivity index (χ2n) is 6.37. The molecule has 7 heteroatoms. The van der Waals surface area contributed by atoms with E-state index >= 15 is 0 Å². The Morgan fingerprint density at radius 3 is 2.72 bits per heavy atom. The number of benzene rings is 2. The van der Waals surface area contributed by atoms with Gasteiger partial charge in [-0.1, -0.05) is 24.3 Å². The van der Waals surface area contributed by atoms with Crippen LogP contribution in [0.2, 0.25) is 0 Å². The summed E-state index contributed by atoms with van der Waals surface area (Å²) in [5.41, 5.74) is 3.52. The summed E-state index contributed by atoms with van der Waals surface area (Å²) >= 11 is 1.47. The van der Waals surface area contributed by atoms with E-state index in [0.717, 1.165) is 26.9 Å². The predicted octanol–water partition coefficient (Wildman–Crippen LogP) is 5.48. The number of rotatable bonds is 4. The van der Waals surface area contributed by atoms with E-state index in [9.17, 15) is 9.90 Å². The molecule has 0 bridgehead atoms. The number of carboxylic acid groups (broad SMARTS) is 1. The van der Waals surface area contributed by atoms with E-state index in [-0.39, 0.29) is 5.69 Å². The fourth-order valence-corrected chi connectivity index (χ4v) is 4.20. The number of furan rings is 1. The van der Waals surface area contributed by atoms with Gasteiger partial charge in [0, 0.05) is 21.7 Å². The van der Waals surface area contributed by atoms with Crippen LogP contribution in [0.4, 0.5) is 0 Å². The van der Waals surface area contributed by atoms with Crippen molar-refractivity contribution in [3.63, 3.8) is 0 Å². The highest BCUT2D eigenvalue weighted by Crippen LogP contribution is 2.42. The number of hydrogen-bond donors (Lipinski definition) is 1. The molecule has 142 valence electrons. The number of nitrogens with zero attached hydrogens (tertiary/aromatic N) is 2. The van der Waals surface area contributed by atoms with Crippen molar-refractivity contribution in [1.82, 2.24) is 9.97 Å². The van der Waals surface area contributed by atoms with Crippen molar-refractivity contribution in [3.05, 3.63) is 65.7 Å². The first-order chi connectivity index (χ1) is 14.2. The van der Waals surface area contributed by atoms with Crippen molar-refractivity contribution in [2.75, 3.05) is 7.11 Å². The first-order valence-corrected chi connectivity index (χ1v) is 9.68. The lowest BCUT2D eigenvalue weighted by Crippen LogP contribution is -2.00. The molecule has 0 aliphatic carbocycles. The number of carboxylic acids is 1. The third kappa shape index (κ3) is 2.83. The number of methoxy groups -OCH3 is 1. The molecule has 0 unspecified atom stereocenters. The molecule has 0 spiro atoms. The minimum Gasteiger partial charge on any atom is -0.493 e. The standard InChI is InChI=1S/C22H14N2O4S/c1-27-18-10-9-13(19-12-5-2-3-8-17(12)28-20(18)19)21-24-16(11-29-21)14-6-4-7-15(23-14)22(25)26/h2-11H,1H3,(H,25,26). The zero-order valence-corrected chi connectivity index (χ0v) is 16.1. The van der Waals surface area contributed by atoms with E-state index in [2.05, 4.69) is 4.98 Å². The van der Waals surface area contributed by atoms with Gasteiger partial charge in [-0.2, -0.15) is 0 Å².